The molecular formula is C19H23NS. The molecule has 0 aromatic heterocycles. The van der Waals surface area contributed by atoms with Gasteiger partial charge < -0.3 is 5.32 Å². The normalized spacial score (nSPS) is 24.7. The summed E-state index contributed by atoms with van der Waals surface area (Å²) in [5.74, 6) is 1.15. The van der Waals surface area contributed by atoms with Crippen LogP contribution < -0.4 is 5.32 Å². The summed E-state index contributed by atoms with van der Waals surface area (Å²) in [6, 6.07) is 22.2. The minimum absolute atomic E-state index is 0.204. The van der Waals surface area contributed by atoms with Gasteiger partial charge in [-0.05, 0) is 31.4 Å². The van der Waals surface area contributed by atoms with Crippen LogP contribution in [0.1, 0.15) is 30.2 Å². The molecule has 110 valence electrons. The third-order valence-corrected chi connectivity index (χ3v) is 5.84. The summed E-state index contributed by atoms with van der Waals surface area (Å²) >= 11 is 2.09. The van der Waals surface area contributed by atoms with Gasteiger partial charge in [0.1, 0.15) is 0 Å². The van der Waals surface area contributed by atoms with Gasteiger partial charge in [-0.2, -0.15) is 11.8 Å². The van der Waals surface area contributed by atoms with Crippen molar-refractivity contribution in [1.82, 2.24) is 5.32 Å². The van der Waals surface area contributed by atoms with E-state index < -0.39 is 0 Å². The summed E-state index contributed by atoms with van der Waals surface area (Å²) in [5.41, 5.74) is 3.05. The standard InChI is InChI=1S/C19H23NS/c1-19(2)14-21-18(16-11-7-4-8-12-16)17(20-19)13-15-9-5-3-6-10-15/h3-12,17-18,20H,13-14H2,1-2H3. The van der Waals surface area contributed by atoms with Crippen molar-refractivity contribution in [2.75, 3.05) is 5.75 Å². The maximum atomic E-state index is 3.87. The van der Waals surface area contributed by atoms with Crippen LogP contribution >= 0.6 is 11.8 Å². The number of hydrogen-bond donors (Lipinski definition) is 1. The zero-order chi connectivity index (χ0) is 14.7. The lowest BCUT2D eigenvalue weighted by atomic mass is 9.95. The van der Waals surface area contributed by atoms with Crippen molar-refractivity contribution in [3.05, 3.63) is 71.8 Å². The molecule has 0 radical (unpaired) electrons. The van der Waals surface area contributed by atoms with Crippen molar-refractivity contribution >= 4 is 11.8 Å². The molecule has 2 atom stereocenters. The molecule has 1 saturated heterocycles. The molecule has 2 aromatic carbocycles. The molecule has 2 aromatic rings. The van der Waals surface area contributed by atoms with Gasteiger partial charge in [0.25, 0.3) is 0 Å². The molecule has 3 rings (SSSR count). The Bertz CT molecular complexity index is 565. The summed E-state index contributed by atoms with van der Waals surface area (Å²) in [6.45, 7) is 4.61. The quantitative estimate of drug-likeness (QED) is 0.898. The van der Waals surface area contributed by atoms with E-state index in [1.54, 1.807) is 0 Å². The molecule has 1 fully saturated rings. The van der Waals surface area contributed by atoms with Gasteiger partial charge in [-0.1, -0.05) is 60.7 Å². The van der Waals surface area contributed by atoms with E-state index in [0.29, 0.717) is 11.3 Å². The smallest absolute Gasteiger partial charge is 0.0454 e. The Labute approximate surface area is 132 Å². The zero-order valence-corrected chi connectivity index (χ0v) is 13.6. The fraction of sp³-hybridized carbons (Fsp3) is 0.368. The lowest BCUT2D eigenvalue weighted by Gasteiger charge is -2.42. The molecule has 0 aliphatic carbocycles. The Hall–Kier alpha value is -1.25. The monoisotopic (exact) mass is 297 g/mol. The Balaban J connectivity index is 1.84. The highest BCUT2D eigenvalue weighted by Crippen LogP contribution is 2.39. The fourth-order valence-corrected chi connectivity index (χ4v) is 4.46. The largest absolute Gasteiger partial charge is 0.306 e. The molecule has 0 amide bonds. The van der Waals surface area contributed by atoms with E-state index in [0.717, 1.165) is 12.2 Å². The molecule has 1 aliphatic heterocycles. The number of benzene rings is 2. The minimum atomic E-state index is 0.204. The minimum Gasteiger partial charge on any atom is -0.306 e. The lowest BCUT2D eigenvalue weighted by Crippen LogP contribution is -2.54. The van der Waals surface area contributed by atoms with Crippen molar-refractivity contribution in [3.63, 3.8) is 0 Å². The van der Waals surface area contributed by atoms with Crippen LogP contribution in [-0.4, -0.2) is 17.3 Å². The van der Waals surface area contributed by atoms with Gasteiger partial charge in [0.2, 0.25) is 0 Å². The third kappa shape index (κ3) is 3.69. The maximum Gasteiger partial charge on any atom is 0.0454 e. The molecule has 1 aliphatic rings. The molecule has 1 nitrogen and oxygen atoms in total. The highest BCUT2D eigenvalue weighted by atomic mass is 32.2. The first-order chi connectivity index (χ1) is 10.1. The number of thioether (sulfide) groups is 1. The van der Waals surface area contributed by atoms with Crippen molar-refractivity contribution < 1.29 is 0 Å². The molecule has 0 spiro atoms. The first-order valence-electron chi connectivity index (χ1n) is 7.62. The summed E-state index contributed by atoms with van der Waals surface area (Å²) in [4.78, 5) is 0. The van der Waals surface area contributed by atoms with E-state index in [1.165, 1.54) is 11.1 Å². The van der Waals surface area contributed by atoms with Crippen LogP contribution in [0.5, 0.6) is 0 Å². The van der Waals surface area contributed by atoms with Crippen LogP contribution in [0.3, 0.4) is 0 Å². The van der Waals surface area contributed by atoms with Gasteiger partial charge in [-0.15, -0.1) is 0 Å². The van der Waals surface area contributed by atoms with Crippen LogP contribution in [-0.2, 0) is 6.42 Å². The Morgan fingerprint density at radius 3 is 2.29 bits per heavy atom. The maximum absolute atomic E-state index is 3.87. The van der Waals surface area contributed by atoms with Crippen LogP contribution in [0.15, 0.2) is 60.7 Å². The number of hydrogen-bond acceptors (Lipinski definition) is 2. The summed E-state index contributed by atoms with van der Waals surface area (Å²) in [7, 11) is 0. The molecule has 2 heteroatoms. The second kappa shape index (κ2) is 6.25. The van der Waals surface area contributed by atoms with Crippen LogP contribution in [0.2, 0.25) is 0 Å². The Morgan fingerprint density at radius 2 is 1.62 bits per heavy atom. The van der Waals surface area contributed by atoms with Gasteiger partial charge in [0.15, 0.2) is 0 Å². The predicted molar refractivity (Wildman–Crippen MR) is 92.8 cm³/mol. The van der Waals surface area contributed by atoms with Crippen molar-refractivity contribution in [2.24, 2.45) is 0 Å². The molecule has 1 N–H and O–H groups in total. The highest BCUT2D eigenvalue weighted by Gasteiger charge is 2.35. The molecule has 2 unspecified atom stereocenters. The van der Waals surface area contributed by atoms with Crippen LogP contribution in [0.4, 0.5) is 0 Å². The fourth-order valence-electron chi connectivity index (χ4n) is 3.03. The lowest BCUT2D eigenvalue weighted by molar-refractivity contribution is 0.341. The van der Waals surface area contributed by atoms with E-state index in [9.17, 15) is 0 Å². The van der Waals surface area contributed by atoms with Crippen molar-refractivity contribution in [2.45, 2.75) is 37.1 Å². The van der Waals surface area contributed by atoms with E-state index in [2.05, 4.69) is 91.6 Å². The van der Waals surface area contributed by atoms with Gasteiger partial charge in [-0.25, -0.2) is 0 Å². The average Bonchev–Trinajstić information content (AvgIpc) is 2.48. The van der Waals surface area contributed by atoms with Gasteiger partial charge in [0.05, 0.1) is 0 Å². The third-order valence-electron chi connectivity index (χ3n) is 3.99. The Kier molecular flexibility index (Phi) is 4.37. The van der Waals surface area contributed by atoms with E-state index >= 15 is 0 Å². The first-order valence-corrected chi connectivity index (χ1v) is 8.67. The average molecular weight is 297 g/mol. The summed E-state index contributed by atoms with van der Waals surface area (Å²) < 4.78 is 0. The number of rotatable bonds is 3. The first kappa shape index (κ1) is 14.7. The van der Waals surface area contributed by atoms with E-state index in [4.69, 9.17) is 0 Å². The van der Waals surface area contributed by atoms with Crippen LogP contribution in [0.25, 0.3) is 0 Å². The molecule has 0 bridgehead atoms. The van der Waals surface area contributed by atoms with Gasteiger partial charge in [0, 0.05) is 22.6 Å². The Morgan fingerprint density at radius 1 is 1.00 bits per heavy atom. The molecular weight excluding hydrogens is 274 g/mol. The van der Waals surface area contributed by atoms with E-state index in [-0.39, 0.29) is 5.54 Å². The topological polar surface area (TPSA) is 12.0 Å². The van der Waals surface area contributed by atoms with Gasteiger partial charge >= 0.3 is 0 Å². The zero-order valence-electron chi connectivity index (χ0n) is 12.8. The summed E-state index contributed by atoms with van der Waals surface area (Å²) in [5, 5.41) is 4.40. The van der Waals surface area contributed by atoms with Gasteiger partial charge in [-0.3, -0.25) is 0 Å². The molecule has 21 heavy (non-hydrogen) atoms. The summed E-state index contributed by atoms with van der Waals surface area (Å²) in [6.07, 6.45) is 1.08. The molecule has 0 saturated carbocycles. The van der Waals surface area contributed by atoms with Crippen molar-refractivity contribution in [1.29, 1.82) is 0 Å². The number of nitrogens with one attached hydrogen (secondary N) is 1. The second-order valence-electron chi connectivity index (χ2n) is 6.47. The molecule has 1 heterocycles. The van der Waals surface area contributed by atoms with Crippen LogP contribution in [0, 0.1) is 0 Å². The van der Waals surface area contributed by atoms with E-state index in [1.807, 2.05) is 0 Å². The predicted octanol–water partition coefficient (Wildman–Crippen LogP) is 4.45. The second-order valence-corrected chi connectivity index (χ2v) is 7.60. The SMILES string of the molecule is CC1(C)CSC(c2ccccc2)C(Cc2ccccc2)N1. The highest BCUT2D eigenvalue weighted by molar-refractivity contribution is 7.99. The van der Waals surface area contributed by atoms with Crippen molar-refractivity contribution in [3.8, 4) is 0 Å².